The maximum absolute atomic E-state index is 5.53. The third-order valence-electron chi connectivity index (χ3n) is 2.15. The first-order valence-corrected chi connectivity index (χ1v) is 4.85. The largest absolute Gasteiger partial charge is 0.381 e. The first-order chi connectivity index (χ1) is 6.77. The molecule has 0 spiro atoms. The third-order valence-corrected chi connectivity index (χ3v) is 2.46. The van der Waals surface area contributed by atoms with Crippen molar-refractivity contribution in [2.45, 2.75) is 0 Å². The van der Waals surface area contributed by atoms with Crippen LogP contribution in [-0.2, 0) is 4.74 Å². The summed E-state index contributed by atoms with van der Waals surface area (Å²) >= 11 is 5.01. The van der Waals surface area contributed by atoms with Crippen LogP contribution in [-0.4, -0.2) is 36.3 Å². The lowest BCUT2D eigenvalue weighted by atomic mass is 10.4. The molecule has 3 N–H and O–H groups in total. The summed E-state index contributed by atoms with van der Waals surface area (Å²) in [5, 5.41) is 0. The van der Waals surface area contributed by atoms with E-state index in [2.05, 4.69) is 14.9 Å². The Morgan fingerprint density at radius 3 is 2.86 bits per heavy atom. The predicted octanol–water partition coefficient (Wildman–Crippen LogP) is 0.558. The maximum atomic E-state index is 5.53. The molecule has 6 heteroatoms. The number of nitrogens with two attached hydrogens (primary N) is 1. The van der Waals surface area contributed by atoms with Gasteiger partial charge in [-0.15, -0.1) is 0 Å². The fraction of sp³-hybridized carbons (Fsp3) is 0.500. The van der Waals surface area contributed by atoms with Crippen molar-refractivity contribution in [3.8, 4) is 0 Å². The highest BCUT2D eigenvalue weighted by molar-refractivity contribution is 7.71. The number of nitrogens with zero attached hydrogens (tertiary/aromatic N) is 2. The molecule has 2 rings (SSSR count). The zero-order valence-corrected chi connectivity index (χ0v) is 8.51. The van der Waals surface area contributed by atoms with Crippen molar-refractivity contribution in [3.63, 3.8) is 0 Å². The van der Waals surface area contributed by atoms with Gasteiger partial charge < -0.3 is 20.4 Å². The molecule has 14 heavy (non-hydrogen) atoms. The Hall–Kier alpha value is -1.14. The van der Waals surface area contributed by atoms with Crippen LogP contribution in [0.15, 0.2) is 6.20 Å². The molecule has 1 aromatic rings. The van der Waals surface area contributed by atoms with E-state index in [9.17, 15) is 0 Å². The van der Waals surface area contributed by atoms with Gasteiger partial charge in [0.15, 0.2) is 5.82 Å². The zero-order valence-electron chi connectivity index (χ0n) is 7.69. The van der Waals surface area contributed by atoms with E-state index in [0.717, 1.165) is 32.1 Å². The van der Waals surface area contributed by atoms with Crippen molar-refractivity contribution in [2.24, 2.45) is 0 Å². The van der Waals surface area contributed by atoms with Crippen molar-refractivity contribution >= 4 is 23.9 Å². The van der Waals surface area contributed by atoms with E-state index in [1.165, 1.54) is 0 Å². The minimum atomic E-state index is 0.372. The van der Waals surface area contributed by atoms with Crippen LogP contribution in [0.1, 0.15) is 0 Å². The fourth-order valence-corrected chi connectivity index (χ4v) is 1.52. The molecular weight excluding hydrogens is 200 g/mol. The van der Waals surface area contributed by atoms with Gasteiger partial charge in [0.25, 0.3) is 0 Å². The number of rotatable bonds is 1. The van der Waals surface area contributed by atoms with Crippen molar-refractivity contribution < 1.29 is 4.74 Å². The van der Waals surface area contributed by atoms with E-state index in [1.54, 1.807) is 6.20 Å². The number of morpholine rings is 1. The number of hydrogen-bond acceptors (Lipinski definition) is 5. The number of H-pyrrole nitrogens is 1. The molecular formula is C8H12N4OS. The molecule has 0 aliphatic carbocycles. The molecule has 1 aliphatic rings. The molecule has 1 aliphatic heterocycles. The van der Waals surface area contributed by atoms with Crippen LogP contribution in [0, 0.1) is 4.64 Å². The van der Waals surface area contributed by atoms with Crippen LogP contribution in [0.25, 0.3) is 0 Å². The number of anilines is 2. The van der Waals surface area contributed by atoms with E-state index in [-0.39, 0.29) is 0 Å². The van der Waals surface area contributed by atoms with E-state index in [4.69, 9.17) is 22.7 Å². The number of aromatic nitrogens is 2. The highest BCUT2D eigenvalue weighted by Gasteiger charge is 2.11. The van der Waals surface area contributed by atoms with E-state index >= 15 is 0 Å². The molecule has 76 valence electrons. The third kappa shape index (κ3) is 1.85. The fourth-order valence-electron chi connectivity index (χ4n) is 1.37. The Labute approximate surface area is 86.9 Å². The van der Waals surface area contributed by atoms with Gasteiger partial charge in [0, 0.05) is 13.1 Å². The Bertz CT molecular complexity index is 372. The number of nitrogens with one attached hydrogen (secondary N) is 1. The van der Waals surface area contributed by atoms with E-state index < -0.39 is 0 Å². The molecule has 0 unspecified atom stereocenters. The topological polar surface area (TPSA) is 67.2 Å². The second kappa shape index (κ2) is 3.93. The van der Waals surface area contributed by atoms with E-state index in [1.807, 2.05) is 0 Å². The quantitative estimate of drug-likeness (QED) is 0.666. The van der Waals surface area contributed by atoms with Crippen LogP contribution >= 0.6 is 12.2 Å². The Kier molecular flexibility index (Phi) is 2.64. The average molecular weight is 212 g/mol. The van der Waals surface area contributed by atoms with Crippen molar-refractivity contribution in [1.29, 1.82) is 0 Å². The Morgan fingerprint density at radius 1 is 1.50 bits per heavy atom. The first-order valence-electron chi connectivity index (χ1n) is 4.45. The molecule has 0 radical (unpaired) electrons. The lowest BCUT2D eigenvalue weighted by molar-refractivity contribution is 0.122. The average Bonchev–Trinajstić information content (AvgIpc) is 2.23. The molecule has 5 nitrogen and oxygen atoms in total. The van der Waals surface area contributed by atoms with Gasteiger partial charge in [-0.3, -0.25) is 0 Å². The second-order valence-corrected chi connectivity index (χ2v) is 3.49. The summed E-state index contributed by atoms with van der Waals surface area (Å²) in [6.45, 7) is 3.20. The maximum Gasteiger partial charge on any atom is 0.158 e. The molecule has 0 amide bonds. The van der Waals surface area contributed by atoms with Crippen LogP contribution in [0.2, 0.25) is 0 Å². The summed E-state index contributed by atoms with van der Waals surface area (Å²) < 4.78 is 5.74. The Morgan fingerprint density at radius 2 is 2.21 bits per heavy atom. The number of nitrogen functional groups attached to an aromatic ring is 1. The second-order valence-electron chi connectivity index (χ2n) is 3.08. The van der Waals surface area contributed by atoms with Crippen molar-refractivity contribution in [1.82, 2.24) is 9.97 Å². The van der Waals surface area contributed by atoms with Crippen LogP contribution in [0.4, 0.5) is 11.6 Å². The summed E-state index contributed by atoms with van der Waals surface area (Å²) in [4.78, 5) is 9.20. The molecule has 1 saturated heterocycles. The number of aromatic amines is 1. The summed E-state index contributed by atoms with van der Waals surface area (Å²) in [5.74, 6) is 1.28. The van der Waals surface area contributed by atoms with Gasteiger partial charge in [-0.05, 0) is 0 Å². The molecule has 2 heterocycles. The lowest BCUT2D eigenvalue weighted by Gasteiger charge is -2.27. The first kappa shape index (κ1) is 9.42. The number of ether oxygens (including phenoxy) is 1. The van der Waals surface area contributed by atoms with Crippen molar-refractivity contribution in [3.05, 3.63) is 10.8 Å². The summed E-state index contributed by atoms with van der Waals surface area (Å²) in [6.07, 6.45) is 1.70. The molecule has 1 fully saturated rings. The van der Waals surface area contributed by atoms with E-state index in [0.29, 0.717) is 10.5 Å². The van der Waals surface area contributed by atoms with Gasteiger partial charge in [-0.2, -0.15) is 0 Å². The van der Waals surface area contributed by atoms with Gasteiger partial charge in [0.2, 0.25) is 0 Å². The minimum Gasteiger partial charge on any atom is -0.381 e. The Balaban J connectivity index is 2.23. The van der Waals surface area contributed by atoms with Gasteiger partial charge in [-0.1, -0.05) is 12.2 Å². The molecule has 1 aromatic heterocycles. The highest BCUT2D eigenvalue weighted by Crippen LogP contribution is 2.12. The summed E-state index contributed by atoms with van der Waals surface area (Å²) in [5.41, 5.74) is 5.53. The summed E-state index contributed by atoms with van der Waals surface area (Å²) in [7, 11) is 0. The van der Waals surface area contributed by atoms with Gasteiger partial charge in [0.05, 0.1) is 19.4 Å². The van der Waals surface area contributed by atoms with Crippen LogP contribution < -0.4 is 10.6 Å². The van der Waals surface area contributed by atoms with Crippen LogP contribution in [0.5, 0.6) is 0 Å². The predicted molar refractivity (Wildman–Crippen MR) is 56.9 cm³/mol. The highest BCUT2D eigenvalue weighted by atomic mass is 32.1. The standard InChI is InChI=1S/C8H12N4OS/c9-7-8(14)11-6(5-10-7)12-1-3-13-4-2-12/h5H,1-4H2,(H2,9,10)(H,11,14). The molecule has 0 bridgehead atoms. The minimum absolute atomic E-state index is 0.372. The zero-order chi connectivity index (χ0) is 9.97. The SMILES string of the molecule is Nc1ncc(N2CCOCC2)[nH]c1=S. The molecule has 0 atom stereocenters. The number of hydrogen-bond donors (Lipinski definition) is 2. The lowest BCUT2D eigenvalue weighted by Crippen LogP contribution is -2.36. The van der Waals surface area contributed by atoms with Crippen LogP contribution in [0.3, 0.4) is 0 Å². The monoisotopic (exact) mass is 212 g/mol. The summed E-state index contributed by atoms with van der Waals surface area (Å²) in [6, 6.07) is 0. The van der Waals surface area contributed by atoms with Gasteiger partial charge in [-0.25, -0.2) is 4.98 Å². The molecule has 0 aromatic carbocycles. The van der Waals surface area contributed by atoms with Gasteiger partial charge >= 0.3 is 0 Å². The van der Waals surface area contributed by atoms with Gasteiger partial charge in [0.1, 0.15) is 10.5 Å². The smallest absolute Gasteiger partial charge is 0.158 e. The molecule has 0 saturated carbocycles. The van der Waals surface area contributed by atoms with Crippen molar-refractivity contribution in [2.75, 3.05) is 36.9 Å². The normalized spacial score (nSPS) is 17.0.